The molecule has 1 atom stereocenters. The molecule has 0 saturated carbocycles. The number of imidazole rings is 1. The van der Waals surface area contributed by atoms with Crippen molar-refractivity contribution in [2.75, 3.05) is 13.1 Å². The van der Waals surface area contributed by atoms with Gasteiger partial charge in [0.15, 0.2) is 5.03 Å². The Morgan fingerprint density at radius 1 is 1.44 bits per heavy atom. The minimum atomic E-state index is -3.96. The molecule has 27 heavy (non-hydrogen) atoms. The lowest BCUT2D eigenvalue weighted by Gasteiger charge is -2.35. The highest BCUT2D eigenvalue weighted by Crippen LogP contribution is 2.29. The highest BCUT2D eigenvalue weighted by molar-refractivity contribution is 7.89. The summed E-state index contributed by atoms with van der Waals surface area (Å²) >= 11 is 0. The second-order valence-corrected chi connectivity index (χ2v) is 8.57. The fourth-order valence-electron chi connectivity index (χ4n) is 2.99. The summed E-state index contributed by atoms with van der Waals surface area (Å²) in [5.74, 6) is -0.283. The van der Waals surface area contributed by atoms with Gasteiger partial charge in [0, 0.05) is 38.7 Å². The van der Waals surface area contributed by atoms with Gasteiger partial charge in [0.2, 0.25) is 5.67 Å². The Kier molecular flexibility index (Phi) is 5.29. The number of pyridine rings is 1. The van der Waals surface area contributed by atoms with Gasteiger partial charge in [-0.25, -0.2) is 17.8 Å². The SMILES string of the molecule is Cc1nc(S(=O)(=O)N2CCCC(F)(C(=O)NCc3cccnc3)C2)cn1C. The molecule has 2 aromatic rings. The first-order chi connectivity index (χ1) is 12.7. The molecule has 2 aromatic heterocycles. The van der Waals surface area contributed by atoms with E-state index < -0.39 is 28.1 Å². The lowest BCUT2D eigenvalue weighted by atomic mass is 9.95. The number of nitrogens with zero attached hydrogens (tertiary/aromatic N) is 4. The van der Waals surface area contributed by atoms with Crippen LogP contribution in [-0.2, 0) is 28.4 Å². The zero-order valence-electron chi connectivity index (χ0n) is 15.2. The molecule has 1 N–H and O–H groups in total. The molecule has 1 amide bonds. The summed E-state index contributed by atoms with van der Waals surface area (Å²) in [7, 11) is -2.28. The topological polar surface area (TPSA) is 97.2 Å². The van der Waals surface area contributed by atoms with Gasteiger partial charge in [-0.15, -0.1) is 0 Å². The Bertz CT molecular complexity index is 912. The zero-order valence-corrected chi connectivity index (χ0v) is 16.0. The van der Waals surface area contributed by atoms with Crippen molar-refractivity contribution in [2.45, 2.75) is 37.0 Å². The Labute approximate surface area is 157 Å². The van der Waals surface area contributed by atoms with Crippen LogP contribution in [0.15, 0.2) is 35.7 Å². The zero-order chi connectivity index (χ0) is 19.7. The molecule has 1 fully saturated rings. The maximum atomic E-state index is 15.3. The summed E-state index contributed by atoms with van der Waals surface area (Å²) in [6.07, 6.45) is 4.79. The summed E-state index contributed by atoms with van der Waals surface area (Å²) in [5, 5.41) is 2.40. The van der Waals surface area contributed by atoms with Gasteiger partial charge >= 0.3 is 0 Å². The fraction of sp³-hybridized carbons (Fsp3) is 0.471. The van der Waals surface area contributed by atoms with E-state index in [1.54, 1.807) is 43.1 Å². The van der Waals surface area contributed by atoms with Crippen LogP contribution < -0.4 is 5.32 Å². The molecule has 1 unspecified atom stereocenters. The van der Waals surface area contributed by atoms with Crippen LogP contribution in [0.4, 0.5) is 4.39 Å². The third-order valence-electron chi connectivity index (χ3n) is 4.68. The van der Waals surface area contributed by atoms with Crippen LogP contribution in [0.3, 0.4) is 0 Å². The molecule has 0 spiro atoms. The molecule has 0 radical (unpaired) electrons. The van der Waals surface area contributed by atoms with Crippen molar-refractivity contribution >= 4 is 15.9 Å². The van der Waals surface area contributed by atoms with Gasteiger partial charge in [-0.05, 0) is 31.4 Å². The van der Waals surface area contributed by atoms with Crippen molar-refractivity contribution in [1.29, 1.82) is 0 Å². The number of aryl methyl sites for hydroxylation is 2. The van der Waals surface area contributed by atoms with Gasteiger partial charge in [-0.2, -0.15) is 4.31 Å². The van der Waals surface area contributed by atoms with Crippen LogP contribution in [0.2, 0.25) is 0 Å². The van der Waals surface area contributed by atoms with Gasteiger partial charge in [0.05, 0.1) is 6.54 Å². The minimum absolute atomic E-state index is 0.0286. The van der Waals surface area contributed by atoms with Crippen molar-refractivity contribution in [3.05, 3.63) is 42.1 Å². The van der Waals surface area contributed by atoms with E-state index in [4.69, 9.17) is 0 Å². The molecular weight excluding hydrogens is 373 g/mol. The number of amides is 1. The molecule has 1 saturated heterocycles. The normalized spacial score (nSPS) is 21.1. The molecule has 3 heterocycles. The predicted octanol–water partition coefficient (Wildman–Crippen LogP) is 0.933. The second kappa shape index (κ2) is 7.35. The molecular formula is C17H22FN5O3S. The number of hydrogen-bond acceptors (Lipinski definition) is 5. The largest absolute Gasteiger partial charge is 0.349 e. The van der Waals surface area contributed by atoms with E-state index in [0.29, 0.717) is 5.82 Å². The molecule has 10 heteroatoms. The standard InChI is InChI=1S/C17H22FN5O3S/c1-13-21-15(11-22(13)2)27(25,26)23-8-4-6-17(18,12-23)16(24)20-10-14-5-3-7-19-9-14/h3,5,7,9,11H,4,6,8,10,12H2,1-2H3,(H,20,24). The average Bonchev–Trinajstić information content (AvgIpc) is 3.00. The van der Waals surface area contributed by atoms with Crippen LogP contribution in [0.5, 0.6) is 0 Å². The average molecular weight is 395 g/mol. The number of nitrogens with one attached hydrogen (secondary N) is 1. The van der Waals surface area contributed by atoms with Gasteiger partial charge in [-0.3, -0.25) is 9.78 Å². The lowest BCUT2D eigenvalue weighted by molar-refractivity contribution is -0.135. The van der Waals surface area contributed by atoms with E-state index in [9.17, 15) is 13.2 Å². The summed E-state index contributed by atoms with van der Waals surface area (Å²) in [4.78, 5) is 20.4. The first-order valence-electron chi connectivity index (χ1n) is 8.59. The monoisotopic (exact) mass is 395 g/mol. The van der Waals surface area contributed by atoms with E-state index >= 15 is 4.39 Å². The third kappa shape index (κ3) is 4.01. The van der Waals surface area contributed by atoms with Crippen LogP contribution in [0.25, 0.3) is 0 Å². The molecule has 8 nitrogen and oxygen atoms in total. The smallest absolute Gasteiger partial charge is 0.262 e. The van der Waals surface area contributed by atoms with Crippen LogP contribution >= 0.6 is 0 Å². The number of halogens is 1. The number of aromatic nitrogens is 3. The van der Waals surface area contributed by atoms with Crippen molar-refractivity contribution in [3.63, 3.8) is 0 Å². The van der Waals surface area contributed by atoms with Gasteiger partial charge < -0.3 is 9.88 Å². The molecule has 146 valence electrons. The van der Waals surface area contributed by atoms with Gasteiger partial charge in [0.1, 0.15) is 5.82 Å². The van der Waals surface area contributed by atoms with E-state index in [0.717, 1.165) is 9.87 Å². The summed E-state index contributed by atoms with van der Waals surface area (Å²) < 4.78 is 43.4. The molecule has 0 bridgehead atoms. The van der Waals surface area contributed by atoms with Crippen molar-refractivity contribution in [1.82, 2.24) is 24.2 Å². The van der Waals surface area contributed by atoms with Crippen molar-refractivity contribution in [2.24, 2.45) is 7.05 Å². The maximum Gasteiger partial charge on any atom is 0.262 e. The lowest BCUT2D eigenvalue weighted by Crippen LogP contribution is -2.55. The van der Waals surface area contributed by atoms with Crippen molar-refractivity contribution < 1.29 is 17.6 Å². The Morgan fingerprint density at radius 3 is 2.85 bits per heavy atom. The molecule has 1 aliphatic rings. The van der Waals surface area contributed by atoms with E-state index in [2.05, 4.69) is 15.3 Å². The maximum absolute atomic E-state index is 15.3. The number of carbonyl (C=O) groups excluding carboxylic acids is 1. The number of sulfonamides is 1. The van der Waals surface area contributed by atoms with Gasteiger partial charge in [0.25, 0.3) is 15.9 Å². The molecule has 0 aromatic carbocycles. The number of carbonyl (C=O) groups is 1. The van der Waals surface area contributed by atoms with E-state index in [1.165, 1.54) is 6.20 Å². The highest BCUT2D eigenvalue weighted by atomic mass is 32.2. The van der Waals surface area contributed by atoms with E-state index in [-0.39, 0.29) is 31.0 Å². The number of hydrogen-bond donors (Lipinski definition) is 1. The molecule has 1 aliphatic heterocycles. The predicted molar refractivity (Wildman–Crippen MR) is 95.9 cm³/mol. The number of piperidine rings is 1. The highest BCUT2D eigenvalue weighted by Gasteiger charge is 2.46. The van der Waals surface area contributed by atoms with Crippen LogP contribution in [0, 0.1) is 6.92 Å². The second-order valence-electron chi connectivity index (χ2n) is 6.69. The minimum Gasteiger partial charge on any atom is -0.349 e. The summed E-state index contributed by atoms with van der Waals surface area (Å²) in [6.45, 7) is 1.44. The summed E-state index contributed by atoms with van der Waals surface area (Å²) in [6, 6.07) is 3.48. The Balaban J connectivity index is 1.73. The fourth-order valence-corrected chi connectivity index (χ4v) is 4.54. The quantitative estimate of drug-likeness (QED) is 0.812. The molecule has 3 rings (SSSR count). The van der Waals surface area contributed by atoms with E-state index in [1.807, 2.05) is 0 Å². The summed E-state index contributed by atoms with van der Waals surface area (Å²) in [5.41, 5.74) is -1.55. The third-order valence-corrected chi connectivity index (χ3v) is 6.40. The molecule has 0 aliphatic carbocycles. The Morgan fingerprint density at radius 2 is 2.22 bits per heavy atom. The first-order valence-corrected chi connectivity index (χ1v) is 10.0. The van der Waals surface area contributed by atoms with Gasteiger partial charge in [-0.1, -0.05) is 6.07 Å². The Hall–Kier alpha value is -2.33. The van der Waals surface area contributed by atoms with Crippen LogP contribution in [0.1, 0.15) is 24.2 Å². The number of rotatable bonds is 5. The van der Waals surface area contributed by atoms with Crippen LogP contribution in [-0.4, -0.2) is 51.9 Å². The van der Waals surface area contributed by atoms with Crippen molar-refractivity contribution in [3.8, 4) is 0 Å². The number of alkyl halides is 1. The first kappa shape index (κ1) is 19.4.